The van der Waals surface area contributed by atoms with E-state index in [1.54, 1.807) is 0 Å². The van der Waals surface area contributed by atoms with Crippen LogP contribution in [-0.4, -0.2) is 85.1 Å². The number of carbonyl (C=O) groups excluding carboxylic acids is 3. The number of rotatable bonds is 9. The topological polar surface area (TPSA) is 243 Å². The largest absolute Gasteiger partial charge is 0.480 e. The molecule has 160 valence electrons. The Hall–Kier alpha value is -2.32. The highest BCUT2D eigenvalue weighted by Crippen LogP contribution is 1.95. The monoisotopic (exact) mass is 396 g/mol. The number of carbonyl (C=O) groups is 4. The smallest absolute Gasteiger partial charge is 0.320 e. The molecule has 0 fully saturated rings. The number of aliphatic carboxylic acids is 1. The molecule has 0 saturated carbocycles. The third kappa shape index (κ3) is 16.9. The summed E-state index contributed by atoms with van der Waals surface area (Å²) < 4.78 is 0. The first-order valence-electron chi connectivity index (χ1n) is 7.95. The summed E-state index contributed by atoms with van der Waals surface area (Å²) in [6, 6.07) is -1.14. The summed E-state index contributed by atoms with van der Waals surface area (Å²) in [7, 11) is 4.28. The summed E-state index contributed by atoms with van der Waals surface area (Å²) in [5, 5.41) is 32.7. The maximum atomic E-state index is 11.1. The molecule has 0 aromatic heterocycles. The van der Waals surface area contributed by atoms with Gasteiger partial charge in [-0.25, -0.2) is 0 Å². The van der Waals surface area contributed by atoms with Crippen LogP contribution >= 0.6 is 0 Å². The molecule has 27 heavy (non-hydrogen) atoms. The van der Waals surface area contributed by atoms with E-state index in [1.165, 1.54) is 21.1 Å². The lowest BCUT2D eigenvalue weighted by atomic mass is 10.1. The fourth-order valence-corrected chi connectivity index (χ4v) is 1.29. The van der Waals surface area contributed by atoms with Crippen molar-refractivity contribution < 1.29 is 34.5 Å². The molecular formula is C14H32N6O7. The van der Waals surface area contributed by atoms with E-state index in [2.05, 4.69) is 16.4 Å². The number of nitrogens with two attached hydrogens (primary N) is 3. The maximum Gasteiger partial charge on any atom is 0.320 e. The molecule has 0 aliphatic rings. The van der Waals surface area contributed by atoms with Gasteiger partial charge in [0.1, 0.15) is 12.1 Å². The summed E-state index contributed by atoms with van der Waals surface area (Å²) in [6.07, 6.45) is -2.51. The van der Waals surface area contributed by atoms with Crippen LogP contribution in [0.1, 0.15) is 19.3 Å². The SMILES string of the molecule is CN.CNC(=O)[C@@H](O)CCN.CNC(=O)[C@@H](O)NC(=O)CC[C@H](N)C(=O)O. The highest BCUT2D eigenvalue weighted by Gasteiger charge is 2.18. The average Bonchev–Trinajstić information content (AvgIpc) is 2.66. The number of hydrogen-bond donors (Lipinski definition) is 9. The summed E-state index contributed by atoms with van der Waals surface area (Å²) >= 11 is 0. The van der Waals surface area contributed by atoms with Crippen LogP contribution in [0.15, 0.2) is 0 Å². The van der Waals surface area contributed by atoms with Crippen LogP contribution in [0.25, 0.3) is 0 Å². The van der Waals surface area contributed by atoms with E-state index >= 15 is 0 Å². The Morgan fingerprint density at radius 1 is 0.963 bits per heavy atom. The summed E-state index contributed by atoms with van der Waals surface area (Å²) in [4.78, 5) is 42.7. The van der Waals surface area contributed by atoms with Crippen molar-refractivity contribution in [2.45, 2.75) is 37.6 Å². The molecule has 13 heteroatoms. The van der Waals surface area contributed by atoms with Crippen molar-refractivity contribution in [3.8, 4) is 0 Å². The van der Waals surface area contributed by atoms with Gasteiger partial charge in [-0.3, -0.25) is 19.2 Å². The minimum absolute atomic E-state index is 0.0678. The van der Waals surface area contributed by atoms with Gasteiger partial charge in [0.2, 0.25) is 18.0 Å². The zero-order chi connectivity index (χ0) is 22.0. The lowest BCUT2D eigenvalue weighted by Gasteiger charge is -2.11. The van der Waals surface area contributed by atoms with Gasteiger partial charge in [0.25, 0.3) is 5.91 Å². The molecule has 0 rings (SSSR count). The molecule has 3 atom stereocenters. The highest BCUT2D eigenvalue weighted by atomic mass is 16.4. The van der Waals surface area contributed by atoms with Gasteiger partial charge in [-0.2, -0.15) is 0 Å². The van der Waals surface area contributed by atoms with Gasteiger partial charge in [-0.1, -0.05) is 0 Å². The van der Waals surface area contributed by atoms with E-state index in [1.807, 2.05) is 5.32 Å². The molecule has 0 saturated heterocycles. The molecule has 3 amide bonds. The van der Waals surface area contributed by atoms with Gasteiger partial charge in [-0.05, 0) is 26.4 Å². The van der Waals surface area contributed by atoms with Crippen LogP contribution < -0.4 is 33.2 Å². The van der Waals surface area contributed by atoms with E-state index in [-0.39, 0.29) is 18.7 Å². The van der Waals surface area contributed by atoms with Crippen LogP contribution in [0.3, 0.4) is 0 Å². The van der Waals surface area contributed by atoms with Gasteiger partial charge in [0, 0.05) is 20.5 Å². The highest BCUT2D eigenvalue weighted by molar-refractivity contribution is 5.86. The van der Waals surface area contributed by atoms with Crippen LogP contribution in [0, 0.1) is 0 Å². The zero-order valence-electron chi connectivity index (χ0n) is 15.8. The number of aliphatic hydroxyl groups excluding tert-OH is 2. The first-order chi connectivity index (χ1) is 12.6. The minimum Gasteiger partial charge on any atom is -0.480 e. The predicted molar refractivity (Wildman–Crippen MR) is 96.9 cm³/mol. The zero-order valence-corrected chi connectivity index (χ0v) is 15.8. The quantitative estimate of drug-likeness (QED) is 0.169. The van der Waals surface area contributed by atoms with Gasteiger partial charge < -0.3 is 48.5 Å². The van der Waals surface area contributed by atoms with E-state index in [0.717, 1.165) is 0 Å². The number of carboxylic acid groups (broad SMARTS) is 1. The summed E-state index contributed by atoms with van der Waals surface area (Å²) in [5.41, 5.74) is 14.7. The molecule has 0 spiro atoms. The third-order valence-corrected chi connectivity index (χ3v) is 2.78. The molecule has 0 heterocycles. The van der Waals surface area contributed by atoms with Crippen LogP contribution in [0.4, 0.5) is 0 Å². The second-order valence-electron chi connectivity index (χ2n) is 4.78. The number of likely N-dealkylation sites (N-methyl/N-ethyl adjacent to an activating group) is 2. The lowest BCUT2D eigenvalue weighted by Crippen LogP contribution is -2.45. The minimum atomic E-state index is -1.64. The Balaban J connectivity index is -0.000000444. The van der Waals surface area contributed by atoms with Crippen LogP contribution in [0.5, 0.6) is 0 Å². The normalized spacial score (nSPS) is 12.6. The Labute approximate surface area is 157 Å². The van der Waals surface area contributed by atoms with Crippen molar-refractivity contribution in [2.75, 3.05) is 27.7 Å². The van der Waals surface area contributed by atoms with Gasteiger partial charge in [-0.15, -0.1) is 0 Å². The average molecular weight is 396 g/mol. The Kier molecular flexibility index (Phi) is 20.1. The molecule has 0 aliphatic heterocycles. The predicted octanol–water partition coefficient (Wildman–Crippen LogP) is -4.62. The van der Waals surface area contributed by atoms with E-state index < -0.39 is 36.2 Å². The van der Waals surface area contributed by atoms with E-state index in [4.69, 9.17) is 26.8 Å². The first-order valence-corrected chi connectivity index (χ1v) is 7.95. The number of nitrogens with one attached hydrogen (secondary N) is 3. The van der Waals surface area contributed by atoms with Crippen molar-refractivity contribution in [3.63, 3.8) is 0 Å². The fraction of sp³-hybridized carbons (Fsp3) is 0.714. The van der Waals surface area contributed by atoms with Crippen LogP contribution in [0.2, 0.25) is 0 Å². The molecule has 0 aromatic rings. The summed E-state index contributed by atoms with van der Waals surface area (Å²) in [6.45, 7) is 0.328. The van der Waals surface area contributed by atoms with Crippen molar-refractivity contribution >= 4 is 23.7 Å². The number of hydrogen-bond acceptors (Lipinski definition) is 9. The first kappa shape index (κ1) is 29.4. The molecule has 0 unspecified atom stereocenters. The van der Waals surface area contributed by atoms with Crippen molar-refractivity contribution in [1.82, 2.24) is 16.0 Å². The second-order valence-corrected chi connectivity index (χ2v) is 4.78. The van der Waals surface area contributed by atoms with E-state index in [0.29, 0.717) is 13.0 Å². The fourth-order valence-electron chi connectivity index (χ4n) is 1.29. The van der Waals surface area contributed by atoms with Gasteiger partial charge in [0.05, 0.1) is 0 Å². The van der Waals surface area contributed by atoms with Gasteiger partial charge in [0.15, 0.2) is 0 Å². The lowest BCUT2D eigenvalue weighted by molar-refractivity contribution is -0.139. The van der Waals surface area contributed by atoms with Crippen molar-refractivity contribution in [1.29, 1.82) is 0 Å². The van der Waals surface area contributed by atoms with Crippen molar-refractivity contribution in [2.24, 2.45) is 17.2 Å². The molecule has 0 bridgehead atoms. The number of carboxylic acids is 1. The number of amides is 3. The Morgan fingerprint density at radius 3 is 1.81 bits per heavy atom. The molecule has 13 nitrogen and oxygen atoms in total. The molecule has 12 N–H and O–H groups in total. The van der Waals surface area contributed by atoms with E-state index in [9.17, 15) is 19.2 Å². The number of aliphatic hydroxyl groups is 2. The Morgan fingerprint density at radius 2 is 1.44 bits per heavy atom. The van der Waals surface area contributed by atoms with Gasteiger partial charge >= 0.3 is 5.97 Å². The molecule has 0 aliphatic carbocycles. The molecule has 0 aromatic carbocycles. The third-order valence-electron chi connectivity index (χ3n) is 2.78. The Bertz CT molecular complexity index is 450. The standard InChI is InChI=1S/C8H15N3O5.C5H12N2O2.CH5N/c1-10-6(13)7(14)11-5(12)3-2-4(9)8(15)16;1-7-5(9)4(8)2-3-6;1-2/h4,7,14H,2-3,9H2,1H3,(H,10,13)(H,11,12)(H,15,16);4,8H,2-3,6H2,1H3,(H,7,9);2H2,1H3/t4-,7+;4-;/m00./s1. The van der Waals surface area contributed by atoms with Crippen molar-refractivity contribution in [3.05, 3.63) is 0 Å². The summed E-state index contributed by atoms with van der Waals surface area (Å²) in [5.74, 6) is -2.98. The molecule has 0 radical (unpaired) electrons. The maximum absolute atomic E-state index is 11.1. The second kappa shape index (κ2) is 18.5. The molecular weight excluding hydrogens is 364 g/mol. The van der Waals surface area contributed by atoms with Crippen LogP contribution in [-0.2, 0) is 19.2 Å².